The number of para-hydroxylation sites is 1. The maximum atomic E-state index is 14.1. The van der Waals surface area contributed by atoms with Gasteiger partial charge >= 0.3 is 0 Å². The molecule has 2 aromatic carbocycles. The van der Waals surface area contributed by atoms with Crippen LogP contribution in [0.25, 0.3) is 33.2 Å². The predicted octanol–water partition coefficient (Wildman–Crippen LogP) is 4.43. The van der Waals surface area contributed by atoms with Crippen molar-refractivity contribution in [3.63, 3.8) is 0 Å². The fraction of sp³-hybridized carbons (Fsp3) is 0.231. The minimum absolute atomic E-state index is 0.191. The Balaban J connectivity index is 1.54. The van der Waals surface area contributed by atoms with Crippen LogP contribution in [0.15, 0.2) is 48.8 Å². The number of nitrogen functional groups attached to an aromatic ring is 1. The molecule has 1 aliphatic heterocycles. The number of hydrogen-bond donors (Lipinski definition) is 2. The van der Waals surface area contributed by atoms with Crippen LogP contribution in [0, 0.1) is 12.7 Å². The Morgan fingerprint density at radius 2 is 1.91 bits per heavy atom. The highest BCUT2D eigenvalue weighted by molar-refractivity contribution is 5.98. The number of aryl methyl sites for hydroxylation is 1. The van der Waals surface area contributed by atoms with Gasteiger partial charge in [-0.1, -0.05) is 18.2 Å². The molecular formula is C26H24FN7O. The maximum absolute atomic E-state index is 14.1. The van der Waals surface area contributed by atoms with Crippen molar-refractivity contribution >= 4 is 33.6 Å². The molecule has 35 heavy (non-hydrogen) atoms. The summed E-state index contributed by atoms with van der Waals surface area (Å²) >= 11 is 0. The molecule has 176 valence electrons. The van der Waals surface area contributed by atoms with Gasteiger partial charge in [0, 0.05) is 35.7 Å². The van der Waals surface area contributed by atoms with Crippen LogP contribution in [0.1, 0.15) is 24.0 Å². The molecule has 8 nitrogen and oxygen atoms in total. The van der Waals surface area contributed by atoms with Crippen LogP contribution < -0.4 is 10.6 Å². The van der Waals surface area contributed by atoms with Gasteiger partial charge in [-0.3, -0.25) is 0 Å². The van der Waals surface area contributed by atoms with Crippen molar-refractivity contribution in [2.75, 3.05) is 23.7 Å². The lowest BCUT2D eigenvalue weighted by molar-refractivity contribution is 0.469. The van der Waals surface area contributed by atoms with Crippen LogP contribution in [-0.2, 0) is 6.54 Å². The number of halogens is 1. The number of anilines is 2. The van der Waals surface area contributed by atoms with E-state index < -0.39 is 5.82 Å². The second-order valence-electron chi connectivity index (χ2n) is 8.97. The molecule has 0 unspecified atom stereocenters. The zero-order chi connectivity index (χ0) is 24.1. The van der Waals surface area contributed by atoms with E-state index in [1.165, 1.54) is 18.5 Å². The summed E-state index contributed by atoms with van der Waals surface area (Å²) in [5.74, 6) is 0.430. The molecule has 5 aromatic rings. The average Bonchev–Trinajstić information content (AvgIpc) is 3.48. The molecule has 1 fully saturated rings. The number of phenols is 1. The van der Waals surface area contributed by atoms with E-state index in [9.17, 15) is 9.50 Å². The smallest absolute Gasteiger partial charge is 0.164 e. The number of nitrogens with zero attached hydrogens (tertiary/aromatic N) is 6. The van der Waals surface area contributed by atoms with Crippen molar-refractivity contribution in [3.05, 3.63) is 65.7 Å². The third-order valence-electron chi connectivity index (χ3n) is 6.54. The number of nitrogens with two attached hydrogens (primary N) is 1. The number of rotatable bonds is 4. The van der Waals surface area contributed by atoms with Gasteiger partial charge in [0.2, 0.25) is 0 Å². The molecule has 1 aliphatic rings. The first-order valence-electron chi connectivity index (χ1n) is 11.6. The van der Waals surface area contributed by atoms with Crippen LogP contribution in [-0.4, -0.2) is 42.9 Å². The molecule has 6 rings (SSSR count). The molecular weight excluding hydrogens is 445 g/mol. The van der Waals surface area contributed by atoms with E-state index >= 15 is 0 Å². The lowest BCUT2D eigenvalue weighted by Gasteiger charge is -2.21. The Kier molecular flexibility index (Phi) is 4.98. The normalized spacial score (nSPS) is 13.8. The van der Waals surface area contributed by atoms with Crippen molar-refractivity contribution in [2.24, 2.45) is 0 Å². The largest absolute Gasteiger partial charge is 0.508 e. The molecule has 1 saturated heterocycles. The number of aromatic hydroxyl groups is 1. The average molecular weight is 470 g/mol. The number of phenolic OH excluding ortho intramolecular Hbond substituents is 1. The van der Waals surface area contributed by atoms with Gasteiger partial charge in [-0.05, 0) is 43.5 Å². The van der Waals surface area contributed by atoms with Gasteiger partial charge in [0.05, 0.1) is 17.4 Å². The molecule has 3 aromatic heterocycles. The first-order chi connectivity index (χ1) is 17.0. The lowest BCUT2D eigenvalue weighted by atomic mass is 10.1. The van der Waals surface area contributed by atoms with Crippen molar-refractivity contribution < 1.29 is 9.50 Å². The molecule has 9 heteroatoms. The highest BCUT2D eigenvalue weighted by atomic mass is 19.1. The summed E-state index contributed by atoms with van der Waals surface area (Å²) in [6.07, 6.45) is 3.66. The summed E-state index contributed by atoms with van der Waals surface area (Å²) in [7, 11) is 0. The van der Waals surface area contributed by atoms with E-state index in [4.69, 9.17) is 15.8 Å². The van der Waals surface area contributed by atoms with Crippen LogP contribution in [0.3, 0.4) is 0 Å². The quantitative estimate of drug-likeness (QED) is 0.401. The molecule has 0 spiro atoms. The van der Waals surface area contributed by atoms with Crippen molar-refractivity contribution in [1.82, 2.24) is 24.7 Å². The number of fused-ring (bicyclic) bond motifs is 2. The van der Waals surface area contributed by atoms with E-state index in [0.29, 0.717) is 28.8 Å². The predicted molar refractivity (Wildman–Crippen MR) is 134 cm³/mol. The van der Waals surface area contributed by atoms with Crippen molar-refractivity contribution in [2.45, 2.75) is 26.3 Å². The molecule has 0 saturated carbocycles. The Hall–Kier alpha value is -4.27. The molecule has 0 atom stereocenters. The van der Waals surface area contributed by atoms with Gasteiger partial charge in [-0.15, -0.1) is 0 Å². The highest BCUT2D eigenvalue weighted by Crippen LogP contribution is 2.34. The number of hydrogen-bond acceptors (Lipinski definition) is 7. The SMILES string of the molecule is Cc1cccc2cc(Cn3nc(-c4cc(O)cc(F)c4)c4c(N)ncnc43)c(N3CCCC3)nc12. The van der Waals surface area contributed by atoms with Crippen LogP contribution in [0.4, 0.5) is 16.0 Å². The molecule has 0 amide bonds. The van der Waals surface area contributed by atoms with Gasteiger partial charge in [-0.25, -0.2) is 24.0 Å². The Morgan fingerprint density at radius 1 is 1.09 bits per heavy atom. The summed E-state index contributed by atoms with van der Waals surface area (Å²) in [5, 5.41) is 16.3. The lowest BCUT2D eigenvalue weighted by Crippen LogP contribution is -2.22. The zero-order valence-corrected chi connectivity index (χ0v) is 19.2. The second kappa shape index (κ2) is 8.19. The fourth-order valence-corrected chi connectivity index (χ4v) is 4.91. The first kappa shape index (κ1) is 21.3. The van der Waals surface area contributed by atoms with E-state index in [1.807, 2.05) is 6.07 Å². The number of pyridine rings is 1. The van der Waals surface area contributed by atoms with Gasteiger partial charge in [0.25, 0.3) is 0 Å². The summed E-state index contributed by atoms with van der Waals surface area (Å²) < 4.78 is 15.9. The van der Waals surface area contributed by atoms with Crippen LogP contribution in [0.2, 0.25) is 0 Å². The van der Waals surface area contributed by atoms with Gasteiger partial charge in [-0.2, -0.15) is 5.10 Å². The summed E-state index contributed by atoms with van der Waals surface area (Å²) in [6, 6.07) is 12.2. The minimum atomic E-state index is -0.566. The number of aromatic nitrogens is 5. The summed E-state index contributed by atoms with van der Waals surface area (Å²) in [5.41, 5.74) is 10.7. The zero-order valence-electron chi connectivity index (χ0n) is 19.2. The maximum Gasteiger partial charge on any atom is 0.164 e. The van der Waals surface area contributed by atoms with Gasteiger partial charge < -0.3 is 15.7 Å². The minimum Gasteiger partial charge on any atom is -0.508 e. The van der Waals surface area contributed by atoms with E-state index in [2.05, 4.69) is 40.0 Å². The molecule has 0 radical (unpaired) electrons. The van der Waals surface area contributed by atoms with Crippen LogP contribution >= 0.6 is 0 Å². The second-order valence-corrected chi connectivity index (χ2v) is 8.97. The summed E-state index contributed by atoms with van der Waals surface area (Å²) in [4.78, 5) is 16.0. The van der Waals surface area contributed by atoms with E-state index in [0.717, 1.165) is 59.8 Å². The third kappa shape index (κ3) is 3.69. The van der Waals surface area contributed by atoms with Crippen molar-refractivity contribution in [3.8, 4) is 17.0 Å². The Morgan fingerprint density at radius 3 is 2.71 bits per heavy atom. The molecule has 0 bridgehead atoms. The molecule has 0 aliphatic carbocycles. The number of benzene rings is 2. The Bertz CT molecular complexity index is 1570. The van der Waals surface area contributed by atoms with Gasteiger partial charge in [0.15, 0.2) is 5.65 Å². The monoisotopic (exact) mass is 469 g/mol. The topological polar surface area (TPSA) is 106 Å². The summed E-state index contributed by atoms with van der Waals surface area (Å²) in [6.45, 7) is 4.39. The van der Waals surface area contributed by atoms with E-state index in [-0.39, 0.29) is 11.6 Å². The standard InChI is InChI=1S/C26H24FN7O/c1-15-5-4-6-16-9-18(25(31-22(15)16)33-7-2-3-8-33)13-34-26-21(24(28)29-14-30-26)23(32-34)17-10-19(27)12-20(35)11-17/h4-6,9-12,14,35H,2-3,7-8,13H2,1H3,(H2,28,29,30). The van der Waals surface area contributed by atoms with Gasteiger partial charge in [0.1, 0.15) is 35.2 Å². The first-order valence-corrected chi connectivity index (χ1v) is 11.6. The molecule has 3 N–H and O–H groups in total. The van der Waals surface area contributed by atoms with Crippen molar-refractivity contribution in [1.29, 1.82) is 0 Å². The highest BCUT2D eigenvalue weighted by Gasteiger charge is 2.22. The third-order valence-corrected chi connectivity index (χ3v) is 6.54. The Labute approximate surface area is 200 Å². The molecule has 4 heterocycles. The van der Waals surface area contributed by atoms with Crippen LogP contribution in [0.5, 0.6) is 5.75 Å². The fourth-order valence-electron chi connectivity index (χ4n) is 4.91. The van der Waals surface area contributed by atoms with E-state index in [1.54, 1.807) is 4.68 Å².